The summed E-state index contributed by atoms with van der Waals surface area (Å²) in [5, 5.41) is 9.34. The predicted octanol–water partition coefficient (Wildman–Crippen LogP) is 9.69. The van der Waals surface area contributed by atoms with Crippen LogP contribution in [0.15, 0.2) is 48.5 Å². The maximum absolute atomic E-state index is 11.4. The fourth-order valence-electron chi connectivity index (χ4n) is 4.46. The molecule has 0 aliphatic carbocycles. The van der Waals surface area contributed by atoms with E-state index in [0.717, 1.165) is 24.0 Å². The lowest BCUT2D eigenvalue weighted by Crippen LogP contribution is -2.02. The highest BCUT2D eigenvalue weighted by Crippen LogP contribution is 2.31. The Morgan fingerprint density at radius 2 is 1.18 bits per heavy atom. The molecule has 0 aromatic heterocycles. The minimum atomic E-state index is -0.924. The zero-order valence-electron chi connectivity index (χ0n) is 21.4. The molecule has 2 rings (SSSR count). The Bertz CT molecular complexity index is 785. The smallest absolute Gasteiger partial charge is 0.335 e. The lowest BCUT2D eigenvalue weighted by molar-refractivity contribution is 0.0696. The van der Waals surface area contributed by atoms with E-state index in [9.17, 15) is 9.90 Å². The minimum Gasteiger partial charge on any atom is -0.493 e. The van der Waals surface area contributed by atoms with Gasteiger partial charge in [-0.3, -0.25) is 0 Å². The molecule has 0 fully saturated rings. The molecule has 0 bridgehead atoms. The highest BCUT2D eigenvalue weighted by molar-refractivity contribution is 5.89. The Hall–Kier alpha value is -2.29. The third-order valence-corrected chi connectivity index (χ3v) is 6.57. The summed E-state index contributed by atoms with van der Waals surface area (Å²) in [5.41, 5.74) is 2.25. The van der Waals surface area contributed by atoms with Crippen molar-refractivity contribution < 1.29 is 14.6 Å². The third kappa shape index (κ3) is 11.7. The summed E-state index contributed by atoms with van der Waals surface area (Å²) in [6.07, 6.45) is 21.5. The van der Waals surface area contributed by atoms with Crippen molar-refractivity contribution in [2.75, 3.05) is 6.61 Å². The van der Waals surface area contributed by atoms with Crippen molar-refractivity contribution in [2.45, 2.75) is 110 Å². The third-order valence-electron chi connectivity index (χ3n) is 6.57. The van der Waals surface area contributed by atoms with Crippen LogP contribution in [-0.4, -0.2) is 17.7 Å². The molecule has 0 aliphatic heterocycles. The maximum Gasteiger partial charge on any atom is 0.335 e. The summed E-state index contributed by atoms with van der Waals surface area (Å²) >= 11 is 0. The van der Waals surface area contributed by atoms with Gasteiger partial charge in [0, 0.05) is 5.56 Å². The van der Waals surface area contributed by atoms with Crippen LogP contribution in [0.2, 0.25) is 0 Å². The number of carboxylic acids is 1. The molecule has 0 unspecified atom stereocenters. The van der Waals surface area contributed by atoms with E-state index in [1.54, 1.807) is 12.1 Å². The van der Waals surface area contributed by atoms with Gasteiger partial charge in [0.2, 0.25) is 0 Å². The van der Waals surface area contributed by atoms with Crippen LogP contribution < -0.4 is 4.74 Å². The first kappa shape index (κ1) is 28.0. The lowest BCUT2D eigenvalue weighted by Gasteiger charge is -2.13. The van der Waals surface area contributed by atoms with E-state index in [4.69, 9.17) is 4.74 Å². The zero-order chi connectivity index (χ0) is 24.3. The molecular weight excluding hydrogens is 420 g/mol. The Morgan fingerprint density at radius 3 is 1.68 bits per heavy atom. The fourth-order valence-corrected chi connectivity index (χ4v) is 4.46. The number of aromatic carboxylic acids is 1. The van der Waals surface area contributed by atoms with Gasteiger partial charge >= 0.3 is 5.97 Å². The van der Waals surface area contributed by atoms with E-state index < -0.39 is 5.97 Å². The summed E-state index contributed by atoms with van der Waals surface area (Å²) < 4.78 is 6.04. The van der Waals surface area contributed by atoms with Crippen LogP contribution in [0, 0.1) is 0 Å². The van der Waals surface area contributed by atoms with Crippen molar-refractivity contribution in [1.82, 2.24) is 0 Å². The second-order valence-corrected chi connectivity index (χ2v) is 9.53. The van der Waals surface area contributed by atoms with E-state index in [1.807, 2.05) is 36.4 Å². The molecule has 1 N–H and O–H groups in total. The van der Waals surface area contributed by atoms with E-state index in [-0.39, 0.29) is 5.56 Å². The Morgan fingerprint density at radius 1 is 0.676 bits per heavy atom. The topological polar surface area (TPSA) is 46.5 Å². The molecule has 0 amide bonds. The van der Waals surface area contributed by atoms with Crippen molar-refractivity contribution in [1.29, 1.82) is 0 Å². The molecule has 0 saturated carbocycles. The Kier molecular flexibility index (Phi) is 14.9. The van der Waals surface area contributed by atoms with Crippen molar-refractivity contribution in [3.8, 4) is 16.9 Å². The lowest BCUT2D eigenvalue weighted by atomic mass is 10.0. The van der Waals surface area contributed by atoms with Gasteiger partial charge in [-0.05, 0) is 30.2 Å². The highest BCUT2D eigenvalue weighted by atomic mass is 16.5. The van der Waals surface area contributed by atoms with Gasteiger partial charge in [-0.15, -0.1) is 0 Å². The van der Waals surface area contributed by atoms with Gasteiger partial charge < -0.3 is 9.84 Å². The van der Waals surface area contributed by atoms with Crippen LogP contribution in [0.4, 0.5) is 0 Å². The molecule has 0 spiro atoms. The average Bonchev–Trinajstić information content (AvgIpc) is 2.86. The SMILES string of the molecule is CCCCCCCCCCCCCCCCCCOc1cc(C(=O)O)ccc1-c1ccccc1. The number of ether oxygens (including phenoxy) is 1. The van der Waals surface area contributed by atoms with Gasteiger partial charge in [0.15, 0.2) is 0 Å². The Balaban J connectivity index is 1.52. The molecule has 34 heavy (non-hydrogen) atoms. The number of rotatable bonds is 20. The molecule has 3 nitrogen and oxygen atoms in total. The first-order valence-corrected chi connectivity index (χ1v) is 13.8. The largest absolute Gasteiger partial charge is 0.493 e. The van der Waals surface area contributed by atoms with Crippen LogP contribution >= 0.6 is 0 Å². The van der Waals surface area contributed by atoms with Gasteiger partial charge in [-0.25, -0.2) is 4.79 Å². The van der Waals surface area contributed by atoms with Crippen molar-refractivity contribution in [2.24, 2.45) is 0 Å². The summed E-state index contributed by atoms with van der Waals surface area (Å²) in [6.45, 7) is 2.91. The molecule has 0 radical (unpaired) electrons. The van der Waals surface area contributed by atoms with Gasteiger partial charge in [-0.2, -0.15) is 0 Å². The molecule has 2 aromatic rings. The van der Waals surface area contributed by atoms with Crippen LogP contribution in [0.3, 0.4) is 0 Å². The fraction of sp³-hybridized carbons (Fsp3) is 0.581. The van der Waals surface area contributed by atoms with Crippen LogP contribution in [-0.2, 0) is 0 Å². The second kappa shape index (κ2) is 18.1. The second-order valence-electron chi connectivity index (χ2n) is 9.53. The number of unbranched alkanes of at least 4 members (excludes halogenated alkanes) is 15. The van der Waals surface area contributed by atoms with Crippen LogP contribution in [0.1, 0.15) is 120 Å². The highest BCUT2D eigenvalue weighted by Gasteiger charge is 2.11. The quantitative estimate of drug-likeness (QED) is 0.198. The molecule has 0 heterocycles. The standard InChI is InChI=1S/C31H46O3/c1-2-3-4-5-6-7-8-9-10-11-12-13-14-15-16-20-25-34-30-26-28(31(32)33)23-24-29(30)27-21-18-17-19-22-27/h17-19,21-24,26H,2-16,20,25H2,1H3,(H,32,33). The molecule has 0 atom stereocenters. The van der Waals surface area contributed by atoms with Crippen LogP contribution in [0.5, 0.6) is 5.75 Å². The molecule has 0 aliphatic rings. The normalized spacial score (nSPS) is 11.0. The van der Waals surface area contributed by atoms with Crippen molar-refractivity contribution in [3.63, 3.8) is 0 Å². The number of carboxylic acid groups (broad SMARTS) is 1. The number of hydrogen-bond acceptors (Lipinski definition) is 2. The van der Waals surface area contributed by atoms with Crippen molar-refractivity contribution in [3.05, 3.63) is 54.1 Å². The molecule has 3 heteroatoms. The van der Waals surface area contributed by atoms with E-state index in [0.29, 0.717) is 12.4 Å². The first-order chi connectivity index (χ1) is 16.7. The van der Waals surface area contributed by atoms with E-state index in [1.165, 1.54) is 89.9 Å². The molecule has 0 saturated heterocycles. The zero-order valence-corrected chi connectivity index (χ0v) is 21.4. The minimum absolute atomic E-state index is 0.265. The average molecular weight is 467 g/mol. The molecular formula is C31H46O3. The summed E-state index contributed by atoms with van der Waals surface area (Å²) in [5.74, 6) is -0.265. The van der Waals surface area contributed by atoms with Crippen molar-refractivity contribution >= 4 is 5.97 Å². The predicted molar refractivity (Wildman–Crippen MR) is 144 cm³/mol. The maximum atomic E-state index is 11.4. The number of carbonyl (C=O) groups is 1. The van der Waals surface area contributed by atoms with E-state index in [2.05, 4.69) is 6.92 Å². The summed E-state index contributed by atoms with van der Waals surface area (Å²) in [6, 6.07) is 15.1. The number of benzene rings is 2. The van der Waals surface area contributed by atoms with Gasteiger partial charge in [0.25, 0.3) is 0 Å². The molecule has 2 aromatic carbocycles. The van der Waals surface area contributed by atoms with Crippen LogP contribution in [0.25, 0.3) is 11.1 Å². The Labute approximate surface area is 207 Å². The van der Waals surface area contributed by atoms with Gasteiger partial charge in [0.1, 0.15) is 5.75 Å². The van der Waals surface area contributed by atoms with E-state index >= 15 is 0 Å². The monoisotopic (exact) mass is 466 g/mol. The number of hydrogen-bond donors (Lipinski definition) is 1. The summed E-state index contributed by atoms with van der Waals surface area (Å²) in [7, 11) is 0. The molecule has 188 valence electrons. The summed E-state index contributed by atoms with van der Waals surface area (Å²) in [4.78, 5) is 11.4. The first-order valence-electron chi connectivity index (χ1n) is 13.8. The van der Waals surface area contributed by atoms with Gasteiger partial charge in [0.05, 0.1) is 12.2 Å². The van der Waals surface area contributed by atoms with Gasteiger partial charge in [-0.1, -0.05) is 134 Å².